The zero-order valence-corrected chi connectivity index (χ0v) is 16.1. The number of hydrogen-bond acceptors (Lipinski definition) is 5. The van der Waals surface area contributed by atoms with E-state index in [0.717, 1.165) is 23.4 Å². The van der Waals surface area contributed by atoms with Gasteiger partial charge in [0.25, 0.3) is 0 Å². The van der Waals surface area contributed by atoms with Gasteiger partial charge in [-0.05, 0) is 37.1 Å². The van der Waals surface area contributed by atoms with E-state index >= 15 is 0 Å². The molecule has 136 valence electrons. The number of thiazole rings is 1. The van der Waals surface area contributed by atoms with Crippen LogP contribution in [0.2, 0.25) is 0 Å². The molecular weight excluding hydrogens is 368 g/mol. The molecule has 1 fully saturated rings. The zero-order chi connectivity index (χ0) is 18.1. The lowest BCUT2D eigenvalue weighted by Crippen LogP contribution is -2.38. The van der Waals surface area contributed by atoms with Gasteiger partial charge in [-0.3, -0.25) is 0 Å². The van der Waals surface area contributed by atoms with Gasteiger partial charge in [-0.1, -0.05) is 24.3 Å². The van der Waals surface area contributed by atoms with Crippen LogP contribution in [0, 0.1) is 0 Å². The first-order chi connectivity index (χ1) is 12.6. The number of piperidine rings is 1. The Morgan fingerprint density at radius 1 is 1.08 bits per heavy atom. The lowest BCUT2D eigenvalue weighted by molar-refractivity contribution is 0.317. The second-order valence-electron chi connectivity index (χ2n) is 6.35. The SMILES string of the molecule is COc1ccccc1S(=O)(=O)N1CCC(c2nc3ccccc3s2)CC1. The van der Waals surface area contributed by atoms with Crippen molar-refractivity contribution in [3.8, 4) is 5.75 Å². The molecule has 0 N–H and O–H groups in total. The largest absolute Gasteiger partial charge is 0.495 e. The normalized spacial score (nSPS) is 16.8. The maximum atomic E-state index is 13.0. The van der Waals surface area contributed by atoms with Crippen molar-refractivity contribution in [1.82, 2.24) is 9.29 Å². The second-order valence-corrected chi connectivity index (χ2v) is 9.32. The van der Waals surface area contributed by atoms with Gasteiger partial charge in [0, 0.05) is 19.0 Å². The highest BCUT2D eigenvalue weighted by Gasteiger charge is 2.32. The fourth-order valence-electron chi connectivity index (χ4n) is 3.38. The smallest absolute Gasteiger partial charge is 0.246 e. The number of ether oxygens (including phenoxy) is 1. The van der Waals surface area contributed by atoms with Gasteiger partial charge in [0.2, 0.25) is 10.0 Å². The van der Waals surface area contributed by atoms with E-state index < -0.39 is 10.0 Å². The maximum Gasteiger partial charge on any atom is 0.246 e. The van der Waals surface area contributed by atoms with E-state index in [1.54, 1.807) is 39.9 Å². The number of methoxy groups -OCH3 is 1. The highest BCUT2D eigenvalue weighted by atomic mass is 32.2. The van der Waals surface area contributed by atoms with E-state index in [1.807, 2.05) is 18.2 Å². The Balaban J connectivity index is 1.52. The van der Waals surface area contributed by atoms with Crippen molar-refractivity contribution in [3.63, 3.8) is 0 Å². The molecule has 0 aliphatic carbocycles. The van der Waals surface area contributed by atoms with Crippen LogP contribution in [0.1, 0.15) is 23.8 Å². The summed E-state index contributed by atoms with van der Waals surface area (Å²) in [5.74, 6) is 0.706. The first-order valence-corrected chi connectivity index (χ1v) is 10.8. The monoisotopic (exact) mass is 388 g/mol. The molecule has 1 aliphatic rings. The lowest BCUT2D eigenvalue weighted by Gasteiger charge is -2.30. The van der Waals surface area contributed by atoms with E-state index in [-0.39, 0.29) is 4.90 Å². The summed E-state index contributed by atoms with van der Waals surface area (Å²) in [7, 11) is -2.05. The summed E-state index contributed by atoms with van der Waals surface area (Å²) in [6.45, 7) is 1.00. The van der Waals surface area contributed by atoms with Crippen LogP contribution in [0.15, 0.2) is 53.4 Å². The van der Waals surface area contributed by atoms with Crippen LogP contribution in [-0.4, -0.2) is 37.9 Å². The molecule has 0 radical (unpaired) electrons. The average Bonchev–Trinajstić information content (AvgIpc) is 3.12. The summed E-state index contributed by atoms with van der Waals surface area (Å²) in [6.07, 6.45) is 1.57. The second kappa shape index (κ2) is 6.98. The van der Waals surface area contributed by atoms with Gasteiger partial charge in [0.05, 0.1) is 22.3 Å². The molecule has 1 aliphatic heterocycles. The lowest BCUT2D eigenvalue weighted by atomic mass is 9.99. The van der Waals surface area contributed by atoms with E-state index in [4.69, 9.17) is 9.72 Å². The van der Waals surface area contributed by atoms with Crippen LogP contribution in [-0.2, 0) is 10.0 Å². The Morgan fingerprint density at radius 2 is 1.77 bits per heavy atom. The van der Waals surface area contributed by atoms with Gasteiger partial charge in [0.1, 0.15) is 10.6 Å². The molecule has 0 bridgehead atoms. The number of rotatable bonds is 4. The molecule has 0 amide bonds. The summed E-state index contributed by atoms with van der Waals surface area (Å²) in [6, 6.07) is 14.9. The number of aromatic nitrogens is 1. The van der Waals surface area contributed by atoms with E-state index in [1.165, 1.54) is 11.8 Å². The fraction of sp³-hybridized carbons (Fsp3) is 0.316. The van der Waals surface area contributed by atoms with Crippen molar-refractivity contribution in [2.75, 3.05) is 20.2 Å². The Labute approximate surface area is 157 Å². The quantitative estimate of drug-likeness (QED) is 0.681. The molecule has 4 rings (SSSR count). The van der Waals surface area contributed by atoms with Gasteiger partial charge >= 0.3 is 0 Å². The molecule has 7 heteroatoms. The van der Waals surface area contributed by atoms with Crippen molar-refractivity contribution in [1.29, 1.82) is 0 Å². The molecule has 26 heavy (non-hydrogen) atoms. The zero-order valence-electron chi connectivity index (χ0n) is 14.5. The van der Waals surface area contributed by atoms with Gasteiger partial charge in [0.15, 0.2) is 0 Å². The van der Waals surface area contributed by atoms with Crippen molar-refractivity contribution in [2.24, 2.45) is 0 Å². The Morgan fingerprint density at radius 3 is 2.50 bits per heavy atom. The van der Waals surface area contributed by atoms with Crippen molar-refractivity contribution in [2.45, 2.75) is 23.7 Å². The first-order valence-electron chi connectivity index (χ1n) is 8.58. The van der Waals surface area contributed by atoms with Gasteiger partial charge < -0.3 is 4.74 Å². The Bertz CT molecular complexity index is 989. The Kier molecular flexibility index (Phi) is 4.69. The third kappa shape index (κ3) is 3.11. The number of fused-ring (bicyclic) bond motifs is 1. The van der Waals surface area contributed by atoms with Gasteiger partial charge in [-0.2, -0.15) is 4.31 Å². The molecule has 5 nitrogen and oxygen atoms in total. The molecule has 0 saturated carbocycles. The van der Waals surface area contributed by atoms with Gasteiger partial charge in [-0.25, -0.2) is 13.4 Å². The number of benzene rings is 2. The van der Waals surface area contributed by atoms with Crippen LogP contribution in [0.25, 0.3) is 10.2 Å². The summed E-state index contributed by atoms with van der Waals surface area (Å²) in [5.41, 5.74) is 1.02. The summed E-state index contributed by atoms with van der Waals surface area (Å²) >= 11 is 1.72. The highest BCUT2D eigenvalue weighted by molar-refractivity contribution is 7.89. The standard InChI is InChI=1S/C19H20N2O3S2/c1-24-16-7-3-5-9-18(16)26(22,23)21-12-10-14(11-13-21)19-20-15-6-2-4-8-17(15)25-19/h2-9,14H,10-13H2,1H3. The molecule has 2 aromatic carbocycles. The van der Waals surface area contributed by atoms with Crippen LogP contribution in [0.4, 0.5) is 0 Å². The molecule has 3 aromatic rings. The molecule has 1 aromatic heterocycles. The fourth-order valence-corrected chi connectivity index (χ4v) is 6.14. The van der Waals surface area contributed by atoms with Crippen molar-refractivity contribution < 1.29 is 13.2 Å². The van der Waals surface area contributed by atoms with Gasteiger partial charge in [-0.15, -0.1) is 11.3 Å². The number of sulfonamides is 1. The molecular formula is C19H20N2O3S2. The molecule has 1 saturated heterocycles. The molecule has 0 spiro atoms. The Hall–Kier alpha value is -1.96. The number of para-hydroxylation sites is 2. The minimum Gasteiger partial charge on any atom is -0.495 e. The molecule has 0 unspecified atom stereocenters. The van der Waals surface area contributed by atoms with Crippen LogP contribution < -0.4 is 4.74 Å². The topological polar surface area (TPSA) is 59.5 Å². The summed E-state index contributed by atoms with van der Waals surface area (Å²) in [4.78, 5) is 4.98. The minimum absolute atomic E-state index is 0.237. The van der Waals surface area contributed by atoms with Crippen LogP contribution in [0.3, 0.4) is 0 Å². The predicted molar refractivity (Wildman–Crippen MR) is 103 cm³/mol. The third-order valence-electron chi connectivity index (χ3n) is 4.80. The highest BCUT2D eigenvalue weighted by Crippen LogP contribution is 2.36. The van der Waals surface area contributed by atoms with E-state index in [2.05, 4.69) is 6.07 Å². The van der Waals surface area contributed by atoms with E-state index in [9.17, 15) is 8.42 Å². The summed E-state index contributed by atoms with van der Waals surface area (Å²) < 4.78 is 34.0. The predicted octanol–water partition coefficient (Wildman–Crippen LogP) is 3.87. The van der Waals surface area contributed by atoms with Crippen molar-refractivity contribution in [3.05, 3.63) is 53.5 Å². The van der Waals surface area contributed by atoms with E-state index in [0.29, 0.717) is 24.8 Å². The molecule has 0 atom stereocenters. The van der Waals surface area contributed by atoms with Crippen LogP contribution >= 0.6 is 11.3 Å². The summed E-state index contributed by atoms with van der Waals surface area (Å²) in [5, 5.41) is 1.11. The number of nitrogens with zero attached hydrogens (tertiary/aromatic N) is 2. The maximum absolute atomic E-state index is 13.0. The van der Waals surface area contributed by atoms with Crippen LogP contribution in [0.5, 0.6) is 5.75 Å². The number of hydrogen-bond donors (Lipinski definition) is 0. The third-order valence-corrected chi connectivity index (χ3v) is 7.94. The minimum atomic E-state index is -3.54. The first kappa shape index (κ1) is 17.5. The average molecular weight is 389 g/mol. The molecule has 2 heterocycles. The van der Waals surface area contributed by atoms with Crippen molar-refractivity contribution >= 4 is 31.6 Å².